The number of carbonyl (C=O) groups is 1. The zero-order valence-corrected chi connectivity index (χ0v) is 13.9. The molecule has 3 heterocycles. The molecule has 0 unspecified atom stereocenters. The molecule has 0 saturated heterocycles. The lowest BCUT2D eigenvalue weighted by atomic mass is 10.1. The van der Waals surface area contributed by atoms with Crippen molar-refractivity contribution in [3.8, 4) is 0 Å². The lowest BCUT2D eigenvalue weighted by Gasteiger charge is -2.30. The molecule has 22 heavy (non-hydrogen) atoms. The Kier molecular flexibility index (Phi) is 3.87. The van der Waals surface area contributed by atoms with Crippen molar-refractivity contribution < 1.29 is 4.79 Å². The summed E-state index contributed by atoms with van der Waals surface area (Å²) in [4.78, 5) is 18.7. The van der Waals surface area contributed by atoms with Crippen molar-refractivity contribution in [2.24, 2.45) is 0 Å². The SMILES string of the molecule is CC(C)(C)NCCN1CCn2c(cc3c(Cl)nccc32)C1=O. The van der Waals surface area contributed by atoms with E-state index in [0.29, 0.717) is 17.4 Å². The van der Waals surface area contributed by atoms with E-state index in [1.807, 2.05) is 21.6 Å². The minimum absolute atomic E-state index is 0.0624. The zero-order valence-electron chi connectivity index (χ0n) is 13.2. The number of carbonyl (C=O) groups excluding carboxylic acids is 1. The topological polar surface area (TPSA) is 50.2 Å². The van der Waals surface area contributed by atoms with Gasteiger partial charge in [-0.25, -0.2) is 4.98 Å². The van der Waals surface area contributed by atoms with E-state index in [2.05, 4.69) is 31.1 Å². The molecule has 1 amide bonds. The Labute approximate surface area is 135 Å². The van der Waals surface area contributed by atoms with E-state index in [9.17, 15) is 4.79 Å². The summed E-state index contributed by atoms with van der Waals surface area (Å²) in [6.07, 6.45) is 1.68. The molecule has 118 valence electrons. The molecular formula is C16H21ClN4O. The van der Waals surface area contributed by atoms with E-state index in [0.717, 1.165) is 30.5 Å². The van der Waals surface area contributed by atoms with Crippen LogP contribution < -0.4 is 5.32 Å². The molecule has 0 radical (unpaired) electrons. The van der Waals surface area contributed by atoms with Crippen LogP contribution in [0.4, 0.5) is 0 Å². The number of hydrogen-bond donors (Lipinski definition) is 1. The Balaban J connectivity index is 1.81. The molecule has 2 aromatic heterocycles. The van der Waals surface area contributed by atoms with Crippen LogP contribution in [0.1, 0.15) is 31.3 Å². The van der Waals surface area contributed by atoms with Crippen molar-refractivity contribution >= 4 is 28.4 Å². The van der Waals surface area contributed by atoms with Crippen LogP contribution in [-0.2, 0) is 6.54 Å². The fourth-order valence-electron chi connectivity index (χ4n) is 2.83. The summed E-state index contributed by atoms with van der Waals surface area (Å²) in [7, 11) is 0. The molecule has 6 heteroatoms. The maximum atomic E-state index is 12.7. The largest absolute Gasteiger partial charge is 0.335 e. The van der Waals surface area contributed by atoms with Crippen molar-refractivity contribution in [3.63, 3.8) is 0 Å². The molecule has 0 saturated carbocycles. The monoisotopic (exact) mass is 320 g/mol. The van der Waals surface area contributed by atoms with Gasteiger partial charge in [0.05, 0.1) is 5.52 Å². The number of rotatable bonds is 3. The smallest absolute Gasteiger partial charge is 0.270 e. The van der Waals surface area contributed by atoms with Gasteiger partial charge in [-0.3, -0.25) is 4.79 Å². The second-order valence-electron chi connectivity index (χ2n) is 6.68. The third kappa shape index (κ3) is 2.83. The van der Waals surface area contributed by atoms with Gasteiger partial charge >= 0.3 is 0 Å². The summed E-state index contributed by atoms with van der Waals surface area (Å²) < 4.78 is 2.04. The van der Waals surface area contributed by atoms with Gasteiger partial charge in [-0.05, 0) is 32.9 Å². The summed E-state index contributed by atoms with van der Waals surface area (Å²) >= 11 is 6.14. The van der Waals surface area contributed by atoms with Gasteiger partial charge in [0.25, 0.3) is 5.91 Å². The van der Waals surface area contributed by atoms with Gasteiger partial charge in [-0.2, -0.15) is 0 Å². The number of hydrogen-bond acceptors (Lipinski definition) is 3. The fourth-order valence-corrected chi connectivity index (χ4v) is 3.04. The third-order valence-corrected chi connectivity index (χ3v) is 4.22. The number of halogens is 1. The summed E-state index contributed by atoms with van der Waals surface area (Å²) in [5.74, 6) is 0.0641. The highest BCUT2D eigenvalue weighted by molar-refractivity contribution is 6.34. The molecule has 0 bridgehead atoms. The normalized spacial score (nSPS) is 15.5. The maximum Gasteiger partial charge on any atom is 0.270 e. The quantitative estimate of drug-likeness (QED) is 0.884. The number of amides is 1. The lowest BCUT2D eigenvalue weighted by Crippen LogP contribution is -2.46. The minimum Gasteiger partial charge on any atom is -0.335 e. The highest BCUT2D eigenvalue weighted by Gasteiger charge is 2.26. The van der Waals surface area contributed by atoms with Gasteiger partial charge < -0.3 is 14.8 Å². The van der Waals surface area contributed by atoms with Crippen LogP contribution in [0, 0.1) is 0 Å². The Bertz CT molecular complexity index is 717. The van der Waals surface area contributed by atoms with Crippen LogP contribution in [0.15, 0.2) is 18.3 Å². The van der Waals surface area contributed by atoms with Crippen molar-refractivity contribution in [1.82, 2.24) is 19.8 Å². The molecule has 1 aliphatic heterocycles. The van der Waals surface area contributed by atoms with E-state index < -0.39 is 0 Å². The number of nitrogens with one attached hydrogen (secondary N) is 1. The Morgan fingerprint density at radius 2 is 2.14 bits per heavy atom. The predicted octanol–water partition coefficient (Wildman–Crippen LogP) is 2.53. The Morgan fingerprint density at radius 3 is 2.86 bits per heavy atom. The van der Waals surface area contributed by atoms with E-state index in [-0.39, 0.29) is 11.4 Å². The van der Waals surface area contributed by atoms with Gasteiger partial charge in [-0.15, -0.1) is 0 Å². The van der Waals surface area contributed by atoms with E-state index >= 15 is 0 Å². The molecule has 1 N–H and O–H groups in total. The van der Waals surface area contributed by atoms with Crippen molar-refractivity contribution in [2.45, 2.75) is 32.9 Å². The summed E-state index contributed by atoms with van der Waals surface area (Å²) in [6, 6.07) is 3.77. The first-order valence-electron chi connectivity index (χ1n) is 7.55. The van der Waals surface area contributed by atoms with Crippen LogP contribution >= 0.6 is 11.6 Å². The van der Waals surface area contributed by atoms with Gasteiger partial charge in [0.1, 0.15) is 10.8 Å². The second-order valence-corrected chi connectivity index (χ2v) is 7.04. The standard InChI is InChI=1S/C16H21ClN4O/c1-16(2,3)19-6-7-20-8-9-21-12-4-5-18-14(17)11(12)10-13(21)15(20)22/h4-5,10,19H,6-9H2,1-3H3. The van der Waals surface area contributed by atoms with Crippen LogP contribution in [0.25, 0.3) is 10.9 Å². The third-order valence-electron chi connectivity index (χ3n) is 3.92. The molecule has 0 atom stereocenters. The summed E-state index contributed by atoms with van der Waals surface area (Å²) in [5.41, 5.74) is 1.75. The lowest BCUT2D eigenvalue weighted by molar-refractivity contribution is 0.0705. The van der Waals surface area contributed by atoms with Crippen molar-refractivity contribution in [2.75, 3.05) is 19.6 Å². The van der Waals surface area contributed by atoms with Gasteiger partial charge in [-0.1, -0.05) is 11.6 Å². The number of aromatic nitrogens is 2. The molecule has 2 aromatic rings. The second kappa shape index (κ2) is 5.56. The number of fused-ring (bicyclic) bond motifs is 3. The molecule has 0 aromatic carbocycles. The highest BCUT2D eigenvalue weighted by Crippen LogP contribution is 2.27. The Morgan fingerprint density at radius 1 is 1.36 bits per heavy atom. The van der Waals surface area contributed by atoms with Gasteiger partial charge in [0.15, 0.2) is 0 Å². The summed E-state index contributed by atoms with van der Waals surface area (Å²) in [6.45, 7) is 9.39. The Hall–Kier alpha value is -1.59. The summed E-state index contributed by atoms with van der Waals surface area (Å²) in [5, 5.41) is 4.72. The molecule has 0 fully saturated rings. The molecule has 1 aliphatic rings. The maximum absolute atomic E-state index is 12.7. The average molecular weight is 321 g/mol. The number of nitrogens with zero attached hydrogens (tertiary/aromatic N) is 3. The van der Waals surface area contributed by atoms with E-state index in [1.165, 1.54) is 0 Å². The van der Waals surface area contributed by atoms with Crippen LogP contribution in [0.3, 0.4) is 0 Å². The average Bonchev–Trinajstić information content (AvgIpc) is 2.81. The number of pyridine rings is 1. The van der Waals surface area contributed by atoms with Gasteiger partial charge in [0, 0.05) is 43.3 Å². The van der Waals surface area contributed by atoms with Crippen molar-refractivity contribution in [1.29, 1.82) is 0 Å². The molecule has 5 nitrogen and oxygen atoms in total. The molecule has 3 rings (SSSR count). The highest BCUT2D eigenvalue weighted by atomic mass is 35.5. The molecule has 0 aliphatic carbocycles. The first kappa shape index (κ1) is 15.3. The first-order valence-corrected chi connectivity index (χ1v) is 7.93. The minimum atomic E-state index is 0.0624. The van der Waals surface area contributed by atoms with E-state index in [4.69, 9.17) is 11.6 Å². The van der Waals surface area contributed by atoms with Crippen LogP contribution in [0.2, 0.25) is 5.15 Å². The van der Waals surface area contributed by atoms with E-state index in [1.54, 1.807) is 6.20 Å². The molecular weight excluding hydrogens is 300 g/mol. The first-order chi connectivity index (χ1) is 10.4. The predicted molar refractivity (Wildman–Crippen MR) is 88.4 cm³/mol. The van der Waals surface area contributed by atoms with Crippen LogP contribution in [0.5, 0.6) is 0 Å². The van der Waals surface area contributed by atoms with Crippen LogP contribution in [-0.4, -0.2) is 45.5 Å². The van der Waals surface area contributed by atoms with Crippen molar-refractivity contribution in [3.05, 3.63) is 29.2 Å². The fraction of sp³-hybridized carbons (Fsp3) is 0.500. The van der Waals surface area contributed by atoms with Gasteiger partial charge in [0.2, 0.25) is 0 Å². The molecule has 0 spiro atoms. The zero-order chi connectivity index (χ0) is 15.9.